The number of halogens is 2. The zero-order valence-electron chi connectivity index (χ0n) is 10.9. The zero-order chi connectivity index (χ0) is 13.8. The van der Waals surface area contributed by atoms with Gasteiger partial charge in [-0.1, -0.05) is 6.07 Å². The lowest BCUT2D eigenvalue weighted by molar-refractivity contribution is -0.00490. The van der Waals surface area contributed by atoms with Gasteiger partial charge < -0.3 is 15.2 Å². The van der Waals surface area contributed by atoms with E-state index >= 15 is 0 Å². The average molecular weight is 271 g/mol. The summed E-state index contributed by atoms with van der Waals surface area (Å²) in [5.41, 5.74) is 2.31. The third-order valence-electron chi connectivity index (χ3n) is 3.53. The van der Waals surface area contributed by atoms with E-state index in [4.69, 9.17) is 9.84 Å². The van der Waals surface area contributed by atoms with Crippen molar-refractivity contribution >= 4 is 0 Å². The van der Waals surface area contributed by atoms with Gasteiger partial charge in [-0.25, -0.2) is 8.78 Å². The predicted octanol–water partition coefficient (Wildman–Crippen LogP) is 2.29. The lowest BCUT2D eigenvalue weighted by Gasteiger charge is -2.27. The average Bonchev–Trinajstić information content (AvgIpc) is 2.43. The Morgan fingerprint density at radius 3 is 2.95 bits per heavy atom. The molecule has 0 saturated carbocycles. The molecule has 19 heavy (non-hydrogen) atoms. The summed E-state index contributed by atoms with van der Waals surface area (Å²) in [7, 11) is 1.60. The summed E-state index contributed by atoms with van der Waals surface area (Å²) >= 11 is 0. The van der Waals surface area contributed by atoms with Crippen molar-refractivity contribution in [1.29, 1.82) is 0 Å². The number of benzene rings is 1. The number of fused-ring (bicyclic) bond motifs is 1. The highest BCUT2D eigenvalue weighted by atomic mass is 19.3. The van der Waals surface area contributed by atoms with Gasteiger partial charge >= 0.3 is 0 Å². The summed E-state index contributed by atoms with van der Waals surface area (Å²) in [6, 6.07) is 5.88. The molecule has 2 unspecified atom stereocenters. The summed E-state index contributed by atoms with van der Waals surface area (Å²) in [6.07, 6.45) is -1.43. The molecule has 1 aliphatic carbocycles. The predicted molar refractivity (Wildman–Crippen MR) is 68.7 cm³/mol. The van der Waals surface area contributed by atoms with Crippen LogP contribution in [0.1, 0.15) is 30.0 Å². The van der Waals surface area contributed by atoms with E-state index in [0.29, 0.717) is 0 Å². The maximum atomic E-state index is 12.3. The monoisotopic (exact) mass is 271 g/mol. The molecule has 2 rings (SSSR count). The molecule has 1 aliphatic rings. The van der Waals surface area contributed by atoms with E-state index in [9.17, 15) is 8.78 Å². The number of ether oxygens (including phenoxy) is 1. The fourth-order valence-corrected chi connectivity index (χ4v) is 2.47. The number of aliphatic hydroxyl groups excluding tert-OH is 1. The summed E-state index contributed by atoms with van der Waals surface area (Å²) in [5, 5.41) is 12.2. The van der Waals surface area contributed by atoms with Gasteiger partial charge in [0, 0.05) is 12.6 Å². The fraction of sp³-hybridized carbons (Fsp3) is 0.571. The Hall–Kier alpha value is -1.20. The van der Waals surface area contributed by atoms with Crippen molar-refractivity contribution in [3.05, 3.63) is 29.3 Å². The van der Waals surface area contributed by atoms with Crippen molar-refractivity contribution in [1.82, 2.24) is 5.32 Å². The molecule has 0 aliphatic heterocycles. The molecule has 0 aromatic heterocycles. The Kier molecular flexibility index (Phi) is 4.71. The molecule has 1 aromatic carbocycles. The lowest BCUT2D eigenvalue weighted by Crippen LogP contribution is -2.35. The van der Waals surface area contributed by atoms with Crippen LogP contribution < -0.4 is 10.1 Å². The molecule has 0 heterocycles. The molecule has 0 spiro atoms. The van der Waals surface area contributed by atoms with Crippen LogP contribution in [0.15, 0.2) is 18.2 Å². The zero-order valence-corrected chi connectivity index (χ0v) is 10.9. The first kappa shape index (κ1) is 14.2. The summed E-state index contributed by atoms with van der Waals surface area (Å²) in [4.78, 5) is 0. The van der Waals surface area contributed by atoms with Crippen molar-refractivity contribution in [2.45, 2.75) is 37.8 Å². The minimum Gasteiger partial charge on any atom is -0.497 e. The van der Waals surface area contributed by atoms with E-state index in [1.54, 1.807) is 7.11 Å². The second-order valence-corrected chi connectivity index (χ2v) is 4.82. The Balaban J connectivity index is 2.08. The first-order valence-electron chi connectivity index (χ1n) is 6.48. The van der Waals surface area contributed by atoms with Crippen molar-refractivity contribution in [2.75, 3.05) is 13.7 Å². The van der Waals surface area contributed by atoms with Crippen molar-refractivity contribution < 1.29 is 18.6 Å². The molecule has 2 N–H and O–H groups in total. The number of alkyl halides is 2. The maximum absolute atomic E-state index is 12.3. The minimum absolute atomic E-state index is 0.00671. The van der Waals surface area contributed by atoms with E-state index in [0.717, 1.165) is 30.6 Å². The number of hydrogen-bond donors (Lipinski definition) is 2. The number of rotatable bonds is 5. The molecule has 0 radical (unpaired) electrons. The molecule has 2 atom stereocenters. The largest absolute Gasteiger partial charge is 0.497 e. The normalized spacial score (nSPS) is 20.2. The quantitative estimate of drug-likeness (QED) is 0.863. The molecule has 3 nitrogen and oxygen atoms in total. The fourth-order valence-electron chi connectivity index (χ4n) is 2.47. The van der Waals surface area contributed by atoms with Crippen molar-refractivity contribution in [2.24, 2.45) is 0 Å². The van der Waals surface area contributed by atoms with Gasteiger partial charge in [0.25, 0.3) is 6.43 Å². The Bertz CT molecular complexity index is 426. The number of nitrogens with one attached hydrogen (secondary N) is 1. The topological polar surface area (TPSA) is 41.5 Å². The lowest BCUT2D eigenvalue weighted by atomic mass is 9.87. The third kappa shape index (κ3) is 3.42. The molecule has 106 valence electrons. The van der Waals surface area contributed by atoms with E-state index in [-0.39, 0.29) is 12.6 Å². The summed E-state index contributed by atoms with van der Waals surface area (Å²) in [6.45, 7) is -0.0982. The SMILES string of the molecule is COc1ccc2c(c1)C(NCC(O)C(F)F)CCC2. The van der Waals surface area contributed by atoms with E-state index in [2.05, 4.69) is 5.32 Å². The second-order valence-electron chi connectivity index (χ2n) is 4.82. The van der Waals surface area contributed by atoms with Gasteiger partial charge in [-0.05, 0) is 42.5 Å². The Morgan fingerprint density at radius 1 is 1.47 bits per heavy atom. The summed E-state index contributed by atoms with van der Waals surface area (Å²) < 4.78 is 29.8. The standard InChI is InChI=1S/C14H19F2NO2/c1-19-10-6-5-9-3-2-4-12(11(9)7-10)17-8-13(18)14(15)16/h5-7,12-14,17-18H,2-4,8H2,1H3. The highest BCUT2D eigenvalue weighted by Gasteiger charge is 2.23. The van der Waals surface area contributed by atoms with Crippen molar-refractivity contribution in [3.63, 3.8) is 0 Å². The van der Waals surface area contributed by atoms with Crippen molar-refractivity contribution in [3.8, 4) is 5.75 Å². The first-order valence-corrected chi connectivity index (χ1v) is 6.48. The molecule has 1 aromatic rings. The van der Waals surface area contributed by atoms with Gasteiger partial charge in [-0.2, -0.15) is 0 Å². The number of aliphatic hydroxyl groups is 1. The first-order chi connectivity index (χ1) is 9.11. The van der Waals surface area contributed by atoms with Crippen LogP contribution in [0.25, 0.3) is 0 Å². The molecule has 0 bridgehead atoms. The molecule has 0 amide bonds. The van der Waals surface area contributed by atoms with Crippen LogP contribution in [0.2, 0.25) is 0 Å². The molecular weight excluding hydrogens is 252 g/mol. The summed E-state index contributed by atoms with van der Waals surface area (Å²) in [5.74, 6) is 0.766. The Labute approximate surface area is 111 Å². The van der Waals surface area contributed by atoms with Gasteiger partial charge in [0.15, 0.2) is 0 Å². The maximum Gasteiger partial charge on any atom is 0.265 e. The van der Waals surface area contributed by atoms with Crippen LogP contribution in [-0.2, 0) is 6.42 Å². The number of aryl methyl sites for hydroxylation is 1. The number of methoxy groups -OCH3 is 1. The smallest absolute Gasteiger partial charge is 0.265 e. The van der Waals surface area contributed by atoms with Gasteiger partial charge in [0.05, 0.1) is 7.11 Å². The molecule has 0 fully saturated rings. The van der Waals surface area contributed by atoms with Crippen LogP contribution in [0.3, 0.4) is 0 Å². The number of hydrogen-bond acceptors (Lipinski definition) is 3. The van der Waals surface area contributed by atoms with E-state index in [1.165, 1.54) is 5.56 Å². The van der Waals surface area contributed by atoms with Crippen LogP contribution in [0.4, 0.5) is 8.78 Å². The van der Waals surface area contributed by atoms with Gasteiger partial charge in [0.1, 0.15) is 11.9 Å². The van der Waals surface area contributed by atoms with Crippen LogP contribution in [-0.4, -0.2) is 31.3 Å². The third-order valence-corrected chi connectivity index (χ3v) is 3.53. The van der Waals surface area contributed by atoms with Crippen LogP contribution in [0, 0.1) is 0 Å². The van der Waals surface area contributed by atoms with Gasteiger partial charge in [-0.3, -0.25) is 0 Å². The highest BCUT2D eigenvalue weighted by molar-refractivity contribution is 5.39. The van der Waals surface area contributed by atoms with Gasteiger partial charge in [0.2, 0.25) is 0 Å². The second kappa shape index (κ2) is 6.30. The highest BCUT2D eigenvalue weighted by Crippen LogP contribution is 2.32. The minimum atomic E-state index is -2.71. The van der Waals surface area contributed by atoms with Gasteiger partial charge in [-0.15, -0.1) is 0 Å². The van der Waals surface area contributed by atoms with Crippen LogP contribution in [0.5, 0.6) is 5.75 Å². The van der Waals surface area contributed by atoms with E-state index < -0.39 is 12.5 Å². The molecule has 0 saturated heterocycles. The van der Waals surface area contributed by atoms with E-state index in [1.807, 2.05) is 18.2 Å². The molecule has 5 heteroatoms. The molecular formula is C14H19F2NO2. The van der Waals surface area contributed by atoms with Crippen LogP contribution >= 0.6 is 0 Å². The Morgan fingerprint density at radius 2 is 2.26 bits per heavy atom.